The van der Waals surface area contributed by atoms with Gasteiger partial charge in [0, 0.05) is 38.2 Å². The number of hydrogen-bond donors (Lipinski definition) is 0. The summed E-state index contributed by atoms with van der Waals surface area (Å²) < 4.78 is 100.0. The van der Waals surface area contributed by atoms with Crippen LogP contribution in [0.15, 0.2) is 18.6 Å². The molecule has 0 radical (unpaired) electrons. The molecule has 0 spiro atoms. The highest BCUT2D eigenvalue weighted by Crippen LogP contribution is 2.47. The van der Waals surface area contributed by atoms with Crippen molar-refractivity contribution in [3.05, 3.63) is 35.7 Å². The van der Waals surface area contributed by atoms with Crippen LogP contribution in [-0.4, -0.2) is 177 Å². The van der Waals surface area contributed by atoms with Crippen LogP contribution < -0.4 is 0 Å². The molecule has 3 aromatic heterocycles. The highest BCUT2D eigenvalue weighted by atomic mass is 16.9. The molecule has 0 N–H and O–H groups in total. The van der Waals surface area contributed by atoms with Gasteiger partial charge in [-0.05, 0) is 83.1 Å². The molecule has 386 valence electrons. The van der Waals surface area contributed by atoms with E-state index in [2.05, 4.69) is 35.8 Å². The lowest BCUT2D eigenvalue weighted by Crippen LogP contribution is -2.56. The average Bonchev–Trinajstić information content (AvgIpc) is 4.10. The van der Waals surface area contributed by atoms with E-state index in [1.165, 1.54) is 0 Å². The van der Waals surface area contributed by atoms with Crippen LogP contribution in [0.4, 0.5) is 0 Å². The molecule has 9 saturated heterocycles. The Morgan fingerprint density at radius 2 is 0.600 bits per heavy atom. The second kappa shape index (κ2) is 16.6. The summed E-state index contributed by atoms with van der Waals surface area (Å²) in [5, 5.41) is 27.4. The Morgan fingerprint density at radius 3 is 0.886 bits per heavy atom. The first-order valence-corrected chi connectivity index (χ1v) is 24.4. The zero-order valence-corrected chi connectivity index (χ0v) is 41.7. The summed E-state index contributed by atoms with van der Waals surface area (Å²) in [5.74, 6) is -5.00. The van der Waals surface area contributed by atoms with E-state index in [1.54, 1.807) is 14.0 Å². The summed E-state index contributed by atoms with van der Waals surface area (Å²) in [6, 6.07) is 0. The van der Waals surface area contributed by atoms with E-state index in [0.717, 1.165) is 0 Å². The van der Waals surface area contributed by atoms with Crippen LogP contribution in [0.1, 0.15) is 100 Å². The lowest BCUT2D eigenvalue weighted by atomic mass is 9.99. The SMILES string of the molecule is CC1(C)OC2[C@H](OC(Cn3cc(CN(Cc4cn(CC5O[C@@H]6OC(C)(C)OC6[C@H]6OC(C)(C)O[C@@H]56)nn4)Cc4cn(CC5O[C@@H]6OC(C)(C)OC6[C@H]6OC(C)(C)O[C@@H]56)nn4)nn3)[C@@H]3OC(C)(C)O[C@H]23)O1. The first kappa shape index (κ1) is 47.8. The molecule has 0 aliphatic carbocycles. The van der Waals surface area contributed by atoms with Crippen molar-refractivity contribution in [2.45, 2.75) is 249 Å². The van der Waals surface area contributed by atoms with E-state index < -0.39 is 127 Å². The van der Waals surface area contributed by atoms with Gasteiger partial charge in [-0.1, -0.05) is 15.6 Å². The van der Waals surface area contributed by atoms with Gasteiger partial charge in [-0.15, -0.1) is 15.3 Å². The lowest BCUT2D eigenvalue weighted by Gasteiger charge is -2.37. The van der Waals surface area contributed by atoms with Gasteiger partial charge >= 0.3 is 0 Å². The van der Waals surface area contributed by atoms with E-state index in [-0.39, 0.29) is 0 Å². The van der Waals surface area contributed by atoms with Crippen LogP contribution in [0.5, 0.6) is 0 Å². The predicted octanol–water partition coefficient (Wildman–Crippen LogP) is 1.85. The van der Waals surface area contributed by atoms with Gasteiger partial charge in [0.1, 0.15) is 73.2 Å². The molecule has 0 saturated carbocycles. The highest BCUT2D eigenvalue weighted by molar-refractivity contribution is 5.06. The van der Waals surface area contributed by atoms with Crippen LogP contribution in [0, 0.1) is 0 Å². The Morgan fingerprint density at radius 1 is 0.357 bits per heavy atom. The van der Waals surface area contributed by atoms with Gasteiger partial charge in [0.2, 0.25) is 0 Å². The molecule has 25 heteroatoms. The number of nitrogens with zero attached hydrogens (tertiary/aromatic N) is 10. The third kappa shape index (κ3) is 9.36. The van der Waals surface area contributed by atoms with Crippen molar-refractivity contribution in [2.24, 2.45) is 0 Å². The van der Waals surface area contributed by atoms with Crippen LogP contribution in [0.2, 0.25) is 0 Å². The van der Waals surface area contributed by atoms with Crippen molar-refractivity contribution in [1.29, 1.82) is 0 Å². The van der Waals surface area contributed by atoms with E-state index in [0.29, 0.717) is 56.4 Å². The second-order valence-electron chi connectivity index (χ2n) is 22.6. The molecule has 0 amide bonds. The van der Waals surface area contributed by atoms with Gasteiger partial charge in [0.05, 0.1) is 36.7 Å². The minimum atomic E-state index is -0.833. The Bertz CT molecular complexity index is 2150. The van der Waals surface area contributed by atoms with Crippen molar-refractivity contribution in [3.8, 4) is 0 Å². The maximum absolute atomic E-state index is 6.48. The van der Waals surface area contributed by atoms with Crippen LogP contribution in [0.25, 0.3) is 0 Å². The monoisotopic (exact) mass is 986 g/mol. The topological polar surface area (TPSA) is 234 Å². The maximum Gasteiger partial charge on any atom is 0.190 e. The summed E-state index contributed by atoms with van der Waals surface area (Å²) in [6.45, 7) is 24.6. The molecule has 12 rings (SSSR count). The lowest BCUT2D eigenvalue weighted by molar-refractivity contribution is -0.237. The van der Waals surface area contributed by atoms with Gasteiger partial charge < -0.3 is 71.1 Å². The van der Waals surface area contributed by atoms with E-state index in [4.69, 9.17) is 71.1 Å². The average molecular weight is 987 g/mol. The van der Waals surface area contributed by atoms with Gasteiger partial charge in [0.25, 0.3) is 0 Å². The number of aromatic nitrogens is 9. The first-order chi connectivity index (χ1) is 32.9. The highest BCUT2D eigenvalue weighted by Gasteiger charge is 2.63. The number of rotatable bonds is 12. The molecule has 12 heterocycles. The van der Waals surface area contributed by atoms with Gasteiger partial charge in [-0.2, -0.15) is 0 Å². The van der Waals surface area contributed by atoms with E-state index in [1.807, 2.05) is 102 Å². The zero-order valence-electron chi connectivity index (χ0n) is 41.7. The van der Waals surface area contributed by atoms with Crippen molar-refractivity contribution in [1.82, 2.24) is 49.9 Å². The molecule has 25 nitrogen and oxygen atoms in total. The third-order valence-electron chi connectivity index (χ3n) is 13.8. The first-order valence-electron chi connectivity index (χ1n) is 24.4. The second-order valence-corrected chi connectivity index (χ2v) is 22.6. The maximum atomic E-state index is 6.48. The summed E-state index contributed by atoms with van der Waals surface area (Å²) in [5.41, 5.74) is 2.11. The van der Waals surface area contributed by atoms with Crippen molar-refractivity contribution >= 4 is 0 Å². The number of ether oxygens (including phenoxy) is 15. The fourth-order valence-corrected chi connectivity index (χ4v) is 11.4. The number of fused-ring (bicyclic) bond motifs is 9. The largest absolute Gasteiger partial charge is 0.342 e. The Hall–Kier alpha value is -3.22. The fraction of sp³-hybridized carbons (Fsp3) is 0.867. The van der Waals surface area contributed by atoms with E-state index in [9.17, 15) is 0 Å². The molecule has 0 bridgehead atoms. The van der Waals surface area contributed by atoms with Crippen LogP contribution in [0.3, 0.4) is 0 Å². The van der Waals surface area contributed by atoms with Crippen molar-refractivity contribution in [3.63, 3.8) is 0 Å². The Labute approximate surface area is 405 Å². The molecule has 0 aromatic carbocycles. The van der Waals surface area contributed by atoms with Crippen molar-refractivity contribution < 1.29 is 71.1 Å². The minimum Gasteiger partial charge on any atom is -0.342 e. The van der Waals surface area contributed by atoms with Gasteiger partial charge in [-0.3, -0.25) is 4.90 Å². The molecule has 3 aromatic rings. The zero-order chi connectivity index (χ0) is 48.9. The molecule has 15 atom stereocenters. The molecular weight excluding hydrogens is 921 g/mol. The smallest absolute Gasteiger partial charge is 0.190 e. The Kier molecular flexibility index (Phi) is 11.4. The molecule has 9 fully saturated rings. The molecule has 6 unspecified atom stereocenters. The normalized spacial score (nSPS) is 41.0. The van der Waals surface area contributed by atoms with Crippen LogP contribution >= 0.6 is 0 Å². The number of hydrogen-bond acceptors (Lipinski definition) is 22. The van der Waals surface area contributed by atoms with Gasteiger partial charge in [0.15, 0.2) is 53.6 Å². The fourth-order valence-electron chi connectivity index (χ4n) is 11.4. The van der Waals surface area contributed by atoms with Crippen molar-refractivity contribution in [2.75, 3.05) is 0 Å². The summed E-state index contributed by atoms with van der Waals surface area (Å²) in [7, 11) is 0. The summed E-state index contributed by atoms with van der Waals surface area (Å²) >= 11 is 0. The predicted molar refractivity (Wildman–Crippen MR) is 231 cm³/mol. The summed E-state index contributed by atoms with van der Waals surface area (Å²) in [6.07, 6.45) is -1.29. The quantitative estimate of drug-likeness (QED) is 0.252. The molecule has 9 aliphatic rings. The van der Waals surface area contributed by atoms with Crippen LogP contribution in [-0.2, 0) is 110 Å². The molecule has 9 aliphatic heterocycles. The standard InChI is InChI=1S/C45H66N10O15/c1-40(2)59-28-25(56-37-34(31(28)62-40)65-43(7,8)68-37)19-53-16-22(46-49-53)13-52(14-23-17-54(50-47-23)20-26-29-32(63-41(3,4)60-29)35-38(57-26)69-44(9,10)66-35)15-24-18-55(51-48-24)21-27-30-33(64-42(5,6)61-30)36-39(58-27)70-45(11,12)67-36/h16-18,25-39H,13-15,19-21H2,1-12H3/t25?,26?,27?,28-,29-,30-,31-,32-,33-,34?,35?,36?,37+,38+,39+/m0/s1. The summed E-state index contributed by atoms with van der Waals surface area (Å²) in [4.78, 5) is 2.15. The Balaban J connectivity index is 0.765. The molecule has 70 heavy (non-hydrogen) atoms. The van der Waals surface area contributed by atoms with E-state index >= 15 is 0 Å². The molecular formula is C45H66N10O15. The van der Waals surface area contributed by atoms with Gasteiger partial charge in [-0.25, -0.2) is 14.0 Å². The minimum absolute atomic E-state index is 0.337. The third-order valence-corrected chi connectivity index (χ3v) is 13.8.